The maximum atomic E-state index is 10.9. The second-order valence-electron chi connectivity index (χ2n) is 5.09. The Bertz CT molecular complexity index is 869. The number of benzene rings is 2. The average Bonchev–Trinajstić information content (AvgIpc) is 2.59. The molecule has 0 amide bonds. The van der Waals surface area contributed by atoms with Crippen LogP contribution in [-0.2, 0) is 11.4 Å². The molecule has 0 fully saturated rings. The predicted octanol–water partition coefficient (Wildman–Crippen LogP) is 3.91. The largest absolute Gasteiger partial charge is 0.487 e. The third kappa shape index (κ3) is 3.37. The maximum absolute atomic E-state index is 10.9. The second kappa shape index (κ2) is 6.32. The van der Waals surface area contributed by atoms with Gasteiger partial charge in [-0.1, -0.05) is 43.0 Å². The smallest absolute Gasteiger partial charge is 0.335 e. The van der Waals surface area contributed by atoms with Crippen molar-refractivity contribution in [3.05, 3.63) is 78.5 Å². The molecular weight excluding hydrogens is 290 g/mol. The lowest BCUT2D eigenvalue weighted by molar-refractivity contribution is -0.130. The number of para-hydroxylation sites is 1. The van der Waals surface area contributed by atoms with Gasteiger partial charge in [-0.2, -0.15) is 0 Å². The van der Waals surface area contributed by atoms with E-state index in [2.05, 4.69) is 11.6 Å². The van der Waals surface area contributed by atoms with Crippen molar-refractivity contribution in [2.24, 2.45) is 0 Å². The molecule has 0 unspecified atom stereocenters. The lowest BCUT2D eigenvalue weighted by Gasteiger charge is -2.08. The van der Waals surface area contributed by atoms with Gasteiger partial charge >= 0.3 is 5.97 Å². The van der Waals surface area contributed by atoms with Gasteiger partial charge in [-0.15, -0.1) is 0 Å². The summed E-state index contributed by atoms with van der Waals surface area (Å²) >= 11 is 0. The van der Waals surface area contributed by atoms with E-state index in [1.165, 1.54) is 0 Å². The van der Waals surface area contributed by atoms with Crippen LogP contribution in [0, 0.1) is 0 Å². The number of carboxylic acid groups (broad SMARTS) is 1. The standard InChI is InChI=1S/C19H15NO3/c1-13(19(21)22)14-7-10-17(11-8-14)23-12-16-9-6-15-4-2-3-5-18(15)20-16/h2-11H,1,12H2,(H,21,22). The van der Waals surface area contributed by atoms with E-state index in [0.29, 0.717) is 17.9 Å². The van der Waals surface area contributed by atoms with Crippen molar-refractivity contribution >= 4 is 22.4 Å². The molecule has 1 N–H and O–H groups in total. The lowest BCUT2D eigenvalue weighted by Crippen LogP contribution is -2.00. The number of ether oxygens (including phenoxy) is 1. The number of nitrogens with zero attached hydrogens (tertiary/aromatic N) is 1. The van der Waals surface area contributed by atoms with E-state index in [9.17, 15) is 4.79 Å². The van der Waals surface area contributed by atoms with E-state index in [1.54, 1.807) is 24.3 Å². The van der Waals surface area contributed by atoms with Crippen LogP contribution in [0.2, 0.25) is 0 Å². The fourth-order valence-corrected chi connectivity index (χ4v) is 2.22. The molecule has 4 nitrogen and oxygen atoms in total. The van der Waals surface area contributed by atoms with Crippen LogP contribution >= 0.6 is 0 Å². The first-order chi connectivity index (χ1) is 11.1. The molecule has 23 heavy (non-hydrogen) atoms. The van der Waals surface area contributed by atoms with Crippen LogP contribution in [0.3, 0.4) is 0 Å². The molecule has 4 heteroatoms. The molecule has 0 radical (unpaired) electrons. The highest BCUT2D eigenvalue weighted by Gasteiger charge is 2.07. The van der Waals surface area contributed by atoms with Crippen LogP contribution in [0.15, 0.2) is 67.2 Å². The number of fused-ring (bicyclic) bond motifs is 1. The number of carboxylic acids is 1. The van der Waals surface area contributed by atoms with Crippen molar-refractivity contribution in [2.45, 2.75) is 6.61 Å². The Labute approximate surface area is 133 Å². The number of aliphatic carboxylic acids is 1. The Kier molecular flexibility index (Phi) is 4.06. The molecule has 0 atom stereocenters. The van der Waals surface area contributed by atoms with Crippen LogP contribution in [0.25, 0.3) is 16.5 Å². The fourth-order valence-electron chi connectivity index (χ4n) is 2.22. The summed E-state index contributed by atoms with van der Waals surface area (Å²) in [7, 11) is 0. The summed E-state index contributed by atoms with van der Waals surface area (Å²) in [6.45, 7) is 3.88. The quantitative estimate of drug-likeness (QED) is 0.726. The zero-order valence-electron chi connectivity index (χ0n) is 12.4. The van der Waals surface area contributed by atoms with E-state index < -0.39 is 5.97 Å². The molecule has 0 spiro atoms. The molecule has 1 heterocycles. The third-order valence-corrected chi connectivity index (χ3v) is 3.50. The van der Waals surface area contributed by atoms with Gasteiger partial charge < -0.3 is 9.84 Å². The number of carbonyl (C=O) groups is 1. The minimum atomic E-state index is -1.03. The van der Waals surface area contributed by atoms with Crippen molar-refractivity contribution in [3.8, 4) is 5.75 Å². The van der Waals surface area contributed by atoms with Crippen molar-refractivity contribution in [1.29, 1.82) is 0 Å². The number of hydrogen-bond donors (Lipinski definition) is 1. The Morgan fingerprint density at radius 3 is 2.52 bits per heavy atom. The first kappa shape index (κ1) is 14.8. The van der Waals surface area contributed by atoms with Crippen molar-refractivity contribution in [2.75, 3.05) is 0 Å². The molecule has 0 saturated carbocycles. The molecule has 3 aromatic rings. The van der Waals surface area contributed by atoms with Gasteiger partial charge in [-0.3, -0.25) is 0 Å². The van der Waals surface area contributed by atoms with Crippen LogP contribution in [0.1, 0.15) is 11.3 Å². The van der Waals surface area contributed by atoms with E-state index in [-0.39, 0.29) is 5.57 Å². The Balaban J connectivity index is 1.69. The molecule has 3 rings (SSSR count). The molecule has 0 aliphatic rings. The Morgan fingerprint density at radius 1 is 1.04 bits per heavy atom. The summed E-state index contributed by atoms with van der Waals surface area (Å²) in [5, 5.41) is 9.99. The van der Waals surface area contributed by atoms with Crippen molar-refractivity contribution in [1.82, 2.24) is 4.98 Å². The third-order valence-electron chi connectivity index (χ3n) is 3.50. The summed E-state index contributed by atoms with van der Waals surface area (Å²) < 4.78 is 5.70. The first-order valence-corrected chi connectivity index (χ1v) is 7.13. The number of hydrogen-bond acceptors (Lipinski definition) is 3. The molecule has 0 saturated heterocycles. The summed E-state index contributed by atoms with van der Waals surface area (Å²) in [6, 6.07) is 18.7. The van der Waals surface area contributed by atoms with Gasteiger partial charge in [0, 0.05) is 5.39 Å². The summed E-state index contributed by atoms with van der Waals surface area (Å²) in [6.07, 6.45) is 0. The minimum Gasteiger partial charge on any atom is -0.487 e. The van der Waals surface area contributed by atoms with Crippen molar-refractivity contribution < 1.29 is 14.6 Å². The van der Waals surface area contributed by atoms with Gasteiger partial charge in [0.2, 0.25) is 0 Å². The van der Waals surface area contributed by atoms with E-state index >= 15 is 0 Å². The van der Waals surface area contributed by atoms with E-state index in [1.807, 2.05) is 36.4 Å². The number of aromatic nitrogens is 1. The zero-order chi connectivity index (χ0) is 16.2. The molecular formula is C19H15NO3. The predicted molar refractivity (Wildman–Crippen MR) is 89.2 cm³/mol. The van der Waals surface area contributed by atoms with Crippen LogP contribution in [0.4, 0.5) is 0 Å². The molecule has 2 aromatic carbocycles. The van der Waals surface area contributed by atoms with Gasteiger partial charge in [-0.25, -0.2) is 9.78 Å². The summed E-state index contributed by atoms with van der Waals surface area (Å²) in [5.74, 6) is -0.374. The normalized spacial score (nSPS) is 10.4. The molecule has 1 aromatic heterocycles. The Hall–Kier alpha value is -3.14. The minimum absolute atomic E-state index is 0.0627. The number of rotatable bonds is 5. The molecule has 0 aliphatic heterocycles. The van der Waals surface area contributed by atoms with Gasteiger partial charge in [0.05, 0.1) is 16.8 Å². The van der Waals surface area contributed by atoms with Crippen LogP contribution in [-0.4, -0.2) is 16.1 Å². The highest BCUT2D eigenvalue weighted by Crippen LogP contribution is 2.19. The van der Waals surface area contributed by atoms with Crippen LogP contribution < -0.4 is 4.74 Å². The fraction of sp³-hybridized carbons (Fsp3) is 0.0526. The summed E-state index contributed by atoms with van der Waals surface area (Å²) in [4.78, 5) is 15.4. The zero-order valence-corrected chi connectivity index (χ0v) is 12.4. The Morgan fingerprint density at radius 2 is 1.78 bits per heavy atom. The molecule has 114 valence electrons. The average molecular weight is 305 g/mol. The van der Waals surface area contributed by atoms with E-state index in [0.717, 1.165) is 16.6 Å². The van der Waals surface area contributed by atoms with E-state index in [4.69, 9.17) is 9.84 Å². The highest BCUT2D eigenvalue weighted by molar-refractivity contribution is 6.14. The maximum Gasteiger partial charge on any atom is 0.335 e. The monoisotopic (exact) mass is 305 g/mol. The molecule has 0 bridgehead atoms. The molecule has 0 aliphatic carbocycles. The second-order valence-corrected chi connectivity index (χ2v) is 5.09. The topological polar surface area (TPSA) is 59.4 Å². The highest BCUT2D eigenvalue weighted by atomic mass is 16.5. The SMILES string of the molecule is C=C(C(=O)O)c1ccc(OCc2ccc3ccccc3n2)cc1. The van der Waals surface area contributed by atoms with Gasteiger partial charge in [0.15, 0.2) is 0 Å². The van der Waals surface area contributed by atoms with Gasteiger partial charge in [-0.05, 0) is 29.8 Å². The van der Waals surface area contributed by atoms with Gasteiger partial charge in [0.1, 0.15) is 12.4 Å². The lowest BCUT2D eigenvalue weighted by atomic mass is 10.1. The summed E-state index contributed by atoms with van der Waals surface area (Å²) in [5.41, 5.74) is 2.39. The first-order valence-electron chi connectivity index (χ1n) is 7.13. The van der Waals surface area contributed by atoms with Gasteiger partial charge in [0.25, 0.3) is 0 Å². The van der Waals surface area contributed by atoms with Crippen LogP contribution in [0.5, 0.6) is 5.75 Å². The number of pyridine rings is 1. The van der Waals surface area contributed by atoms with Crippen molar-refractivity contribution in [3.63, 3.8) is 0 Å².